The summed E-state index contributed by atoms with van der Waals surface area (Å²) < 4.78 is 6.29. The normalized spacial score (nSPS) is 17.3. The van der Waals surface area contributed by atoms with Gasteiger partial charge in [0.05, 0.1) is 11.7 Å². The summed E-state index contributed by atoms with van der Waals surface area (Å²) in [6.45, 7) is 2.14. The third-order valence-corrected chi connectivity index (χ3v) is 6.98. The Bertz CT molecular complexity index is 1310. The Morgan fingerprint density at radius 3 is 2.57 bits per heavy atom. The zero-order chi connectivity index (χ0) is 24.2. The Morgan fingerprint density at radius 2 is 1.83 bits per heavy atom. The van der Waals surface area contributed by atoms with Crippen LogP contribution in [0.25, 0.3) is 0 Å². The lowest BCUT2D eigenvalue weighted by molar-refractivity contribution is -0.116. The molecule has 35 heavy (non-hydrogen) atoms. The molecular formula is C27H24N4O2S2. The van der Waals surface area contributed by atoms with Crippen LogP contribution >= 0.6 is 24.0 Å². The van der Waals surface area contributed by atoms with Crippen molar-refractivity contribution in [2.75, 3.05) is 11.9 Å². The molecule has 0 saturated carbocycles. The average Bonchev–Trinajstić information content (AvgIpc) is 3.46. The highest BCUT2D eigenvalue weighted by Crippen LogP contribution is 2.41. The van der Waals surface area contributed by atoms with Gasteiger partial charge in [-0.2, -0.15) is 0 Å². The Morgan fingerprint density at radius 1 is 1.06 bits per heavy atom. The van der Waals surface area contributed by atoms with Crippen molar-refractivity contribution < 1.29 is 9.21 Å². The fraction of sp³-hybridized carbons (Fsp3) is 0.148. The number of para-hydroxylation sites is 1. The Balaban J connectivity index is 1.41. The van der Waals surface area contributed by atoms with Crippen LogP contribution in [0.1, 0.15) is 29.1 Å². The summed E-state index contributed by atoms with van der Waals surface area (Å²) in [4.78, 5) is 20.4. The van der Waals surface area contributed by atoms with Crippen LogP contribution in [0.15, 0.2) is 106 Å². The fourth-order valence-corrected chi connectivity index (χ4v) is 5.12. The summed E-state index contributed by atoms with van der Waals surface area (Å²) in [6, 6.07) is 26.8. The molecule has 1 amide bonds. The predicted octanol–water partition coefficient (Wildman–Crippen LogP) is 5.75. The molecule has 0 spiro atoms. The largest absolute Gasteiger partial charge is 0.452 e. The molecule has 1 aliphatic rings. The van der Waals surface area contributed by atoms with Crippen LogP contribution in [0.5, 0.6) is 0 Å². The summed E-state index contributed by atoms with van der Waals surface area (Å²) in [6.07, 6.45) is 1.75. The molecule has 2 atom stereocenters. The van der Waals surface area contributed by atoms with E-state index < -0.39 is 0 Å². The number of carbonyl (C=O) groups is 1. The number of hydrogen-bond acceptors (Lipinski definition) is 5. The standard InChI is InChI=1S/C27H24N4O2S2/c1-18-10-12-20(13-11-18)35-24-15-14-22(33-24)26-25(21-9-5-6-16-28-21)30-27(34)31(26)17-23(32)29-19-7-3-2-4-8-19/h2-16,25-26H,17H2,1H3,(H,29,32)(H,30,34)/t25-,26-/m1/s1. The smallest absolute Gasteiger partial charge is 0.244 e. The van der Waals surface area contributed by atoms with Gasteiger partial charge in [-0.3, -0.25) is 9.78 Å². The number of hydrogen-bond donors (Lipinski definition) is 2. The molecule has 8 heteroatoms. The zero-order valence-corrected chi connectivity index (χ0v) is 20.7. The predicted molar refractivity (Wildman–Crippen MR) is 141 cm³/mol. The van der Waals surface area contributed by atoms with Crippen molar-refractivity contribution in [3.05, 3.63) is 108 Å². The van der Waals surface area contributed by atoms with Crippen LogP contribution in [0.2, 0.25) is 0 Å². The molecule has 5 rings (SSSR count). The molecule has 0 radical (unpaired) electrons. The Hall–Kier alpha value is -3.62. The monoisotopic (exact) mass is 500 g/mol. The molecule has 4 aromatic rings. The lowest BCUT2D eigenvalue weighted by Crippen LogP contribution is -2.36. The van der Waals surface area contributed by atoms with Crippen molar-refractivity contribution in [1.29, 1.82) is 0 Å². The summed E-state index contributed by atoms with van der Waals surface area (Å²) in [7, 11) is 0. The van der Waals surface area contributed by atoms with E-state index in [0.717, 1.165) is 27.1 Å². The molecule has 0 aliphatic carbocycles. The fourth-order valence-electron chi connectivity index (χ4n) is 4.03. The van der Waals surface area contributed by atoms with Crippen molar-refractivity contribution in [1.82, 2.24) is 15.2 Å². The number of benzene rings is 2. The highest BCUT2D eigenvalue weighted by atomic mass is 32.2. The molecule has 1 fully saturated rings. The van der Waals surface area contributed by atoms with E-state index in [1.807, 2.05) is 65.6 Å². The van der Waals surface area contributed by atoms with E-state index in [4.69, 9.17) is 16.6 Å². The molecule has 6 nitrogen and oxygen atoms in total. The summed E-state index contributed by atoms with van der Waals surface area (Å²) in [5.41, 5.74) is 2.78. The number of thiocarbonyl (C=S) groups is 1. The van der Waals surface area contributed by atoms with Crippen LogP contribution in [-0.2, 0) is 4.79 Å². The number of amides is 1. The Kier molecular flexibility index (Phi) is 6.83. The topological polar surface area (TPSA) is 70.4 Å². The van der Waals surface area contributed by atoms with E-state index in [0.29, 0.717) is 5.11 Å². The second-order valence-corrected chi connectivity index (χ2v) is 9.71. The minimum Gasteiger partial charge on any atom is -0.452 e. The van der Waals surface area contributed by atoms with Gasteiger partial charge in [-0.1, -0.05) is 53.7 Å². The first kappa shape index (κ1) is 23.1. The van der Waals surface area contributed by atoms with Crippen LogP contribution in [-0.4, -0.2) is 27.4 Å². The zero-order valence-electron chi connectivity index (χ0n) is 19.0. The number of anilines is 1. The minimum atomic E-state index is -0.328. The van der Waals surface area contributed by atoms with Crippen molar-refractivity contribution in [2.45, 2.75) is 29.0 Å². The molecule has 2 aromatic carbocycles. The van der Waals surface area contributed by atoms with Crippen LogP contribution in [0.4, 0.5) is 5.69 Å². The van der Waals surface area contributed by atoms with E-state index in [-0.39, 0.29) is 24.5 Å². The van der Waals surface area contributed by atoms with Gasteiger partial charge in [-0.05, 0) is 67.7 Å². The lowest BCUT2D eigenvalue weighted by atomic mass is 10.0. The van der Waals surface area contributed by atoms with Gasteiger partial charge >= 0.3 is 0 Å². The van der Waals surface area contributed by atoms with E-state index in [2.05, 4.69) is 46.8 Å². The van der Waals surface area contributed by atoms with Gasteiger partial charge in [0.25, 0.3) is 0 Å². The highest BCUT2D eigenvalue weighted by Gasteiger charge is 2.42. The van der Waals surface area contributed by atoms with Gasteiger partial charge in [0.15, 0.2) is 10.2 Å². The number of pyridine rings is 1. The Labute approximate surface area is 213 Å². The van der Waals surface area contributed by atoms with Crippen LogP contribution in [0.3, 0.4) is 0 Å². The molecule has 2 N–H and O–H groups in total. The second-order valence-electron chi connectivity index (χ2n) is 8.24. The summed E-state index contributed by atoms with van der Waals surface area (Å²) >= 11 is 7.22. The number of aromatic nitrogens is 1. The number of nitrogens with zero attached hydrogens (tertiary/aromatic N) is 2. The van der Waals surface area contributed by atoms with Gasteiger partial charge in [0, 0.05) is 16.8 Å². The maximum atomic E-state index is 12.9. The van der Waals surface area contributed by atoms with Crippen molar-refractivity contribution in [2.24, 2.45) is 0 Å². The van der Waals surface area contributed by atoms with Gasteiger partial charge in [-0.25, -0.2) is 0 Å². The quantitative estimate of drug-likeness (QED) is 0.313. The third-order valence-electron chi connectivity index (χ3n) is 5.70. The molecular weight excluding hydrogens is 476 g/mol. The van der Waals surface area contributed by atoms with Crippen molar-refractivity contribution in [3.63, 3.8) is 0 Å². The number of furan rings is 1. The molecule has 1 saturated heterocycles. The maximum absolute atomic E-state index is 12.9. The third kappa shape index (κ3) is 5.39. The van der Waals surface area contributed by atoms with Crippen LogP contribution < -0.4 is 10.6 Å². The first-order valence-corrected chi connectivity index (χ1v) is 12.5. The minimum absolute atomic E-state index is 0.0792. The first-order valence-electron chi connectivity index (χ1n) is 11.2. The van der Waals surface area contributed by atoms with Gasteiger partial charge in [0.1, 0.15) is 18.3 Å². The van der Waals surface area contributed by atoms with Gasteiger partial charge in [-0.15, -0.1) is 0 Å². The number of nitrogens with one attached hydrogen (secondary N) is 2. The highest BCUT2D eigenvalue weighted by molar-refractivity contribution is 7.99. The molecule has 2 aromatic heterocycles. The summed E-state index contributed by atoms with van der Waals surface area (Å²) in [5.74, 6) is 0.558. The number of carbonyl (C=O) groups excluding carboxylic acids is 1. The molecule has 0 unspecified atom stereocenters. The average molecular weight is 501 g/mol. The second kappa shape index (κ2) is 10.3. The number of aryl methyl sites for hydroxylation is 1. The van der Waals surface area contributed by atoms with E-state index >= 15 is 0 Å². The summed E-state index contributed by atoms with van der Waals surface area (Å²) in [5, 5.41) is 7.55. The van der Waals surface area contributed by atoms with E-state index in [9.17, 15) is 4.79 Å². The SMILES string of the molecule is Cc1ccc(Sc2ccc([C@@H]3[C@@H](c4ccccn4)NC(=S)N3CC(=O)Nc3ccccc3)o2)cc1. The molecule has 3 heterocycles. The maximum Gasteiger partial charge on any atom is 0.244 e. The molecule has 1 aliphatic heterocycles. The van der Waals surface area contributed by atoms with Crippen LogP contribution in [0, 0.1) is 6.92 Å². The van der Waals surface area contributed by atoms with E-state index in [1.54, 1.807) is 18.0 Å². The molecule has 0 bridgehead atoms. The van der Waals surface area contributed by atoms with Crippen molar-refractivity contribution in [3.8, 4) is 0 Å². The van der Waals surface area contributed by atoms with Crippen molar-refractivity contribution >= 4 is 40.7 Å². The van der Waals surface area contributed by atoms with Gasteiger partial charge < -0.3 is 20.0 Å². The van der Waals surface area contributed by atoms with Gasteiger partial charge in [0.2, 0.25) is 5.91 Å². The lowest BCUT2D eigenvalue weighted by Gasteiger charge is -2.25. The number of rotatable bonds is 7. The van der Waals surface area contributed by atoms with E-state index in [1.165, 1.54) is 5.56 Å². The molecule has 176 valence electrons. The first-order chi connectivity index (χ1) is 17.1.